The number of unbranched alkanes of at least 4 members (excludes halogenated alkanes) is 1. The van der Waals surface area contributed by atoms with Gasteiger partial charge in [0.15, 0.2) is 5.69 Å². The minimum atomic E-state index is -1.03. The topological polar surface area (TPSA) is 59.4 Å². The van der Waals surface area contributed by atoms with Gasteiger partial charge < -0.3 is 9.84 Å². The van der Waals surface area contributed by atoms with E-state index in [1.807, 2.05) is 0 Å². The largest absolute Gasteiger partial charge is 0.481 e. The summed E-state index contributed by atoms with van der Waals surface area (Å²) in [7, 11) is 1.50. The zero-order valence-electron chi connectivity index (χ0n) is 8.99. The molecule has 1 aromatic heterocycles. The molecule has 0 aliphatic heterocycles. The number of hydrogen-bond donors (Lipinski definition) is 1. The first-order valence-corrected chi connectivity index (χ1v) is 4.96. The lowest BCUT2D eigenvalue weighted by Crippen LogP contribution is -2.04. The highest BCUT2D eigenvalue weighted by molar-refractivity contribution is 5.85. The number of hydrogen-bond acceptors (Lipinski definition) is 3. The maximum Gasteiger partial charge on any atom is 0.354 e. The van der Waals surface area contributed by atoms with Gasteiger partial charge in [0.2, 0.25) is 5.88 Å². The van der Waals surface area contributed by atoms with Crippen molar-refractivity contribution in [3.05, 3.63) is 23.4 Å². The van der Waals surface area contributed by atoms with Crippen LogP contribution in [0.4, 0.5) is 0 Å². The molecule has 0 atom stereocenters. The smallest absolute Gasteiger partial charge is 0.354 e. The Morgan fingerprint density at radius 3 is 2.80 bits per heavy atom. The number of aromatic nitrogens is 1. The van der Waals surface area contributed by atoms with Gasteiger partial charge in [-0.3, -0.25) is 0 Å². The van der Waals surface area contributed by atoms with E-state index >= 15 is 0 Å². The lowest BCUT2D eigenvalue weighted by molar-refractivity contribution is 0.0689. The van der Waals surface area contributed by atoms with E-state index in [1.165, 1.54) is 13.2 Å². The summed E-state index contributed by atoms with van der Waals surface area (Å²) in [6.45, 7) is 2.10. The van der Waals surface area contributed by atoms with Crippen LogP contribution in [-0.4, -0.2) is 23.2 Å². The van der Waals surface area contributed by atoms with Crippen molar-refractivity contribution in [1.29, 1.82) is 0 Å². The standard InChI is InChI=1S/C11H15NO3/c1-3-4-5-8-6-7-9(11(13)14)12-10(8)15-2/h6-7H,3-5H2,1-2H3,(H,13,14). The molecular formula is C11H15NO3. The predicted molar refractivity (Wildman–Crippen MR) is 56.4 cm³/mol. The maximum absolute atomic E-state index is 10.7. The van der Waals surface area contributed by atoms with Gasteiger partial charge in [0.05, 0.1) is 7.11 Å². The van der Waals surface area contributed by atoms with Crippen LogP contribution in [0, 0.1) is 0 Å². The van der Waals surface area contributed by atoms with Gasteiger partial charge in [-0.25, -0.2) is 9.78 Å². The minimum absolute atomic E-state index is 0.0205. The SMILES string of the molecule is CCCCc1ccc(C(=O)O)nc1OC. The Kier molecular flexibility index (Phi) is 4.09. The van der Waals surface area contributed by atoms with Gasteiger partial charge in [0.25, 0.3) is 0 Å². The number of nitrogens with zero attached hydrogens (tertiary/aromatic N) is 1. The van der Waals surface area contributed by atoms with Crippen LogP contribution in [0.1, 0.15) is 35.8 Å². The molecule has 4 nitrogen and oxygen atoms in total. The summed E-state index contributed by atoms with van der Waals surface area (Å²) in [4.78, 5) is 14.6. The van der Waals surface area contributed by atoms with Crippen molar-refractivity contribution in [2.45, 2.75) is 26.2 Å². The third-order valence-electron chi connectivity index (χ3n) is 2.15. The molecule has 1 rings (SSSR count). The third kappa shape index (κ3) is 2.94. The predicted octanol–water partition coefficient (Wildman–Crippen LogP) is 2.13. The third-order valence-corrected chi connectivity index (χ3v) is 2.15. The summed E-state index contributed by atoms with van der Waals surface area (Å²) in [5, 5.41) is 8.75. The van der Waals surface area contributed by atoms with Gasteiger partial charge in [0.1, 0.15) is 0 Å². The summed E-state index contributed by atoms with van der Waals surface area (Å²) in [6, 6.07) is 3.28. The molecule has 1 heterocycles. The van der Waals surface area contributed by atoms with E-state index in [9.17, 15) is 4.79 Å². The fourth-order valence-corrected chi connectivity index (χ4v) is 1.32. The van der Waals surface area contributed by atoms with Gasteiger partial charge in [-0.1, -0.05) is 19.4 Å². The van der Waals surface area contributed by atoms with Crippen molar-refractivity contribution in [2.24, 2.45) is 0 Å². The zero-order valence-corrected chi connectivity index (χ0v) is 8.99. The Labute approximate surface area is 88.9 Å². The van der Waals surface area contributed by atoms with Crippen molar-refractivity contribution in [2.75, 3.05) is 7.11 Å². The molecule has 0 bridgehead atoms. The number of aromatic carboxylic acids is 1. The van der Waals surface area contributed by atoms with E-state index < -0.39 is 5.97 Å². The Morgan fingerprint density at radius 2 is 2.27 bits per heavy atom. The van der Waals surface area contributed by atoms with Crippen LogP contribution in [0.25, 0.3) is 0 Å². The summed E-state index contributed by atoms with van der Waals surface area (Å²) in [6.07, 6.45) is 3.00. The number of aryl methyl sites for hydroxylation is 1. The molecule has 0 unspecified atom stereocenters. The van der Waals surface area contributed by atoms with Gasteiger partial charge >= 0.3 is 5.97 Å². The normalized spacial score (nSPS) is 10.0. The molecule has 0 aromatic carbocycles. The highest BCUT2D eigenvalue weighted by Crippen LogP contribution is 2.18. The van der Waals surface area contributed by atoms with Gasteiger partial charge in [-0.2, -0.15) is 0 Å². The number of methoxy groups -OCH3 is 1. The summed E-state index contributed by atoms with van der Waals surface area (Å²) in [5.41, 5.74) is 0.983. The molecular weight excluding hydrogens is 194 g/mol. The van der Waals surface area contributed by atoms with Gasteiger partial charge in [-0.05, 0) is 18.9 Å². The monoisotopic (exact) mass is 209 g/mol. The van der Waals surface area contributed by atoms with Crippen LogP contribution >= 0.6 is 0 Å². The summed E-state index contributed by atoms with van der Waals surface area (Å²) < 4.78 is 5.06. The fourth-order valence-electron chi connectivity index (χ4n) is 1.32. The molecule has 0 spiro atoms. The quantitative estimate of drug-likeness (QED) is 0.807. The van der Waals surface area contributed by atoms with Crippen LogP contribution in [0.2, 0.25) is 0 Å². The van der Waals surface area contributed by atoms with Crippen molar-refractivity contribution >= 4 is 5.97 Å². The molecule has 0 aliphatic carbocycles. The number of carbonyl (C=O) groups is 1. The Morgan fingerprint density at radius 1 is 1.53 bits per heavy atom. The first-order chi connectivity index (χ1) is 7.19. The molecule has 0 saturated carbocycles. The Bertz CT molecular complexity index is 350. The van der Waals surface area contributed by atoms with Crippen LogP contribution < -0.4 is 4.74 Å². The van der Waals surface area contributed by atoms with E-state index in [2.05, 4.69) is 11.9 Å². The van der Waals surface area contributed by atoms with E-state index in [0.717, 1.165) is 24.8 Å². The van der Waals surface area contributed by atoms with Gasteiger partial charge in [0, 0.05) is 5.56 Å². The van der Waals surface area contributed by atoms with E-state index in [4.69, 9.17) is 9.84 Å². The molecule has 82 valence electrons. The second-order valence-corrected chi connectivity index (χ2v) is 3.27. The van der Waals surface area contributed by atoms with Crippen molar-refractivity contribution in [3.63, 3.8) is 0 Å². The average molecular weight is 209 g/mol. The molecule has 0 fully saturated rings. The molecule has 0 saturated heterocycles. The first-order valence-electron chi connectivity index (χ1n) is 4.96. The lowest BCUT2D eigenvalue weighted by Gasteiger charge is -2.07. The molecule has 1 N–H and O–H groups in total. The van der Waals surface area contributed by atoms with Crippen molar-refractivity contribution in [1.82, 2.24) is 4.98 Å². The average Bonchev–Trinajstić information content (AvgIpc) is 2.25. The Hall–Kier alpha value is -1.58. The lowest BCUT2D eigenvalue weighted by atomic mass is 10.1. The van der Waals surface area contributed by atoms with Crippen LogP contribution in [0.5, 0.6) is 5.88 Å². The van der Waals surface area contributed by atoms with E-state index in [1.54, 1.807) is 6.07 Å². The number of rotatable bonds is 5. The number of pyridine rings is 1. The number of carboxylic acids is 1. The van der Waals surface area contributed by atoms with Crippen LogP contribution in [0.3, 0.4) is 0 Å². The van der Waals surface area contributed by atoms with Crippen molar-refractivity contribution < 1.29 is 14.6 Å². The second-order valence-electron chi connectivity index (χ2n) is 3.27. The number of ether oxygens (including phenoxy) is 1. The molecule has 1 aromatic rings. The molecule has 4 heteroatoms. The number of carboxylic acid groups (broad SMARTS) is 1. The molecule has 0 amide bonds. The second kappa shape index (κ2) is 5.34. The van der Waals surface area contributed by atoms with Gasteiger partial charge in [-0.15, -0.1) is 0 Å². The fraction of sp³-hybridized carbons (Fsp3) is 0.455. The highest BCUT2D eigenvalue weighted by atomic mass is 16.5. The highest BCUT2D eigenvalue weighted by Gasteiger charge is 2.10. The van der Waals surface area contributed by atoms with Crippen molar-refractivity contribution in [3.8, 4) is 5.88 Å². The zero-order chi connectivity index (χ0) is 11.3. The maximum atomic E-state index is 10.7. The molecule has 0 radical (unpaired) electrons. The van der Waals surface area contributed by atoms with Crippen LogP contribution in [0.15, 0.2) is 12.1 Å². The first kappa shape index (κ1) is 11.5. The van der Waals surface area contributed by atoms with E-state index in [-0.39, 0.29) is 5.69 Å². The Balaban J connectivity index is 2.93. The summed E-state index contributed by atoms with van der Waals surface area (Å²) >= 11 is 0. The molecule has 15 heavy (non-hydrogen) atoms. The summed E-state index contributed by atoms with van der Waals surface area (Å²) in [5.74, 6) is -0.612. The minimum Gasteiger partial charge on any atom is -0.481 e. The van der Waals surface area contributed by atoms with E-state index in [0.29, 0.717) is 5.88 Å². The van der Waals surface area contributed by atoms with Crippen LogP contribution in [-0.2, 0) is 6.42 Å². The molecule has 0 aliphatic rings.